The standard InChI is InChI=1S/C50H82O9/c1-3-5-7-9-11-13-15-16-17-18-19-20-21-22-23-24-25-26-27-28-29-31-33-35-37-39-46(52)58-44(43-57-50-49(55)48(54)47(53)45(41-51)59-50)42-56-40-38-36-34-32-30-14-12-10-8-6-4-2/h5,7-8,10-11,13,16-17,19-20,22-23,25-26,28-29,44-45,47-51,53-55H,3-4,6,9,12,14-15,18,21,24,27,30-43H2,1-2H3/b7-5-,10-8-,13-11-,17-16-,20-19-,23-22-,26-25-,29-28-. The van der Waals surface area contributed by atoms with E-state index in [9.17, 15) is 25.2 Å². The van der Waals surface area contributed by atoms with E-state index in [1.807, 2.05) is 0 Å². The number of ether oxygens (including phenoxy) is 4. The molecule has 1 aliphatic heterocycles. The highest BCUT2D eigenvalue weighted by Gasteiger charge is 2.44. The molecule has 0 aromatic heterocycles. The lowest BCUT2D eigenvalue weighted by atomic mass is 9.99. The topological polar surface area (TPSA) is 135 Å². The van der Waals surface area contributed by atoms with Gasteiger partial charge in [0.25, 0.3) is 0 Å². The highest BCUT2D eigenvalue weighted by Crippen LogP contribution is 2.22. The van der Waals surface area contributed by atoms with Gasteiger partial charge in [0.05, 0.1) is 19.8 Å². The van der Waals surface area contributed by atoms with Gasteiger partial charge in [0.15, 0.2) is 6.29 Å². The van der Waals surface area contributed by atoms with Gasteiger partial charge in [0, 0.05) is 13.0 Å². The number of carbonyl (C=O) groups is 1. The number of aliphatic hydroxyl groups excluding tert-OH is 4. The van der Waals surface area contributed by atoms with Crippen molar-refractivity contribution < 1.29 is 44.2 Å². The normalized spacial score (nSPS) is 21.1. The van der Waals surface area contributed by atoms with Gasteiger partial charge in [-0.15, -0.1) is 0 Å². The number of esters is 1. The van der Waals surface area contributed by atoms with Crippen molar-refractivity contribution in [3.63, 3.8) is 0 Å². The Morgan fingerprint density at radius 1 is 0.559 bits per heavy atom. The van der Waals surface area contributed by atoms with Gasteiger partial charge < -0.3 is 39.4 Å². The predicted molar refractivity (Wildman–Crippen MR) is 242 cm³/mol. The van der Waals surface area contributed by atoms with Gasteiger partial charge in [-0.3, -0.25) is 4.79 Å². The van der Waals surface area contributed by atoms with Crippen molar-refractivity contribution in [3.8, 4) is 0 Å². The van der Waals surface area contributed by atoms with E-state index in [2.05, 4.69) is 111 Å². The highest BCUT2D eigenvalue weighted by molar-refractivity contribution is 5.69. The van der Waals surface area contributed by atoms with Crippen LogP contribution >= 0.6 is 0 Å². The smallest absolute Gasteiger partial charge is 0.306 e. The minimum absolute atomic E-state index is 0.120. The molecule has 0 amide bonds. The molecule has 336 valence electrons. The van der Waals surface area contributed by atoms with Crippen molar-refractivity contribution in [1.29, 1.82) is 0 Å². The van der Waals surface area contributed by atoms with E-state index in [-0.39, 0.29) is 25.6 Å². The third-order valence-electron chi connectivity index (χ3n) is 9.72. The van der Waals surface area contributed by atoms with Crippen LogP contribution in [-0.4, -0.2) is 89.6 Å². The fourth-order valence-electron chi connectivity index (χ4n) is 6.18. The minimum Gasteiger partial charge on any atom is -0.457 e. The van der Waals surface area contributed by atoms with Crippen LogP contribution in [0.4, 0.5) is 0 Å². The summed E-state index contributed by atoms with van der Waals surface area (Å²) in [6.07, 6.45) is 48.6. The molecule has 0 saturated carbocycles. The third kappa shape index (κ3) is 31.6. The molecule has 1 aliphatic rings. The van der Waals surface area contributed by atoms with Crippen molar-refractivity contribution >= 4 is 5.97 Å². The first kappa shape index (κ1) is 54.1. The third-order valence-corrected chi connectivity index (χ3v) is 9.72. The Morgan fingerprint density at radius 2 is 1.03 bits per heavy atom. The number of hydrogen-bond acceptors (Lipinski definition) is 9. The summed E-state index contributed by atoms with van der Waals surface area (Å²) in [6.45, 7) is 4.30. The molecule has 9 heteroatoms. The Kier molecular flexibility index (Phi) is 37.2. The van der Waals surface area contributed by atoms with Crippen LogP contribution in [0.1, 0.15) is 149 Å². The lowest BCUT2D eigenvalue weighted by Gasteiger charge is -2.39. The second kappa shape index (κ2) is 40.5. The molecule has 0 bridgehead atoms. The minimum atomic E-state index is -1.55. The molecule has 0 aromatic carbocycles. The SMILES string of the molecule is CC/C=C\C/C=C\C/C=C\C/C=C\C/C=C\C/C=C\C/C=C\CCCCCC(=O)OC(COCCCCCCCC/C=C\CCC)COC1OC(CO)C(O)C(O)C1O. The number of allylic oxidation sites excluding steroid dienone is 16. The van der Waals surface area contributed by atoms with Crippen LogP contribution in [0.25, 0.3) is 0 Å². The molecular formula is C50H82O9. The van der Waals surface area contributed by atoms with Crippen molar-refractivity contribution in [3.05, 3.63) is 97.2 Å². The van der Waals surface area contributed by atoms with E-state index in [0.717, 1.165) is 96.3 Å². The zero-order valence-corrected chi connectivity index (χ0v) is 36.7. The second-order valence-corrected chi connectivity index (χ2v) is 15.1. The Morgan fingerprint density at radius 3 is 1.58 bits per heavy atom. The zero-order valence-electron chi connectivity index (χ0n) is 36.7. The summed E-state index contributed by atoms with van der Waals surface area (Å²) in [4.78, 5) is 12.8. The molecule has 9 nitrogen and oxygen atoms in total. The monoisotopic (exact) mass is 827 g/mol. The molecule has 0 radical (unpaired) electrons. The molecule has 0 aliphatic carbocycles. The number of carbonyl (C=O) groups excluding carboxylic acids is 1. The number of unbranched alkanes of at least 4 members (excludes halogenated alkanes) is 10. The summed E-state index contributed by atoms with van der Waals surface area (Å²) >= 11 is 0. The number of rotatable bonds is 37. The van der Waals surface area contributed by atoms with Gasteiger partial charge in [-0.1, -0.05) is 150 Å². The quantitative estimate of drug-likeness (QED) is 0.0274. The summed E-state index contributed by atoms with van der Waals surface area (Å²) in [5, 5.41) is 40.1. The molecule has 1 fully saturated rings. The first-order valence-electron chi connectivity index (χ1n) is 22.8. The lowest BCUT2D eigenvalue weighted by Crippen LogP contribution is -2.59. The van der Waals surface area contributed by atoms with Gasteiger partial charge in [0.2, 0.25) is 0 Å². The van der Waals surface area contributed by atoms with Crippen LogP contribution < -0.4 is 0 Å². The Balaban J connectivity index is 2.28. The molecule has 1 saturated heterocycles. The Hall–Kier alpha value is -2.89. The van der Waals surface area contributed by atoms with Crippen molar-refractivity contribution in [2.75, 3.05) is 26.4 Å². The van der Waals surface area contributed by atoms with Gasteiger partial charge >= 0.3 is 5.97 Å². The fraction of sp³-hybridized carbons (Fsp3) is 0.660. The molecular weight excluding hydrogens is 745 g/mol. The van der Waals surface area contributed by atoms with E-state index in [4.69, 9.17) is 18.9 Å². The molecule has 1 heterocycles. The van der Waals surface area contributed by atoms with Crippen molar-refractivity contribution in [2.45, 2.75) is 185 Å². The predicted octanol–water partition coefficient (Wildman–Crippen LogP) is 10.4. The van der Waals surface area contributed by atoms with E-state index in [0.29, 0.717) is 13.0 Å². The molecule has 59 heavy (non-hydrogen) atoms. The molecule has 0 aromatic rings. The Labute approximate surface area is 358 Å². The van der Waals surface area contributed by atoms with Crippen LogP contribution in [0.2, 0.25) is 0 Å². The molecule has 4 N–H and O–H groups in total. The maximum absolute atomic E-state index is 12.8. The number of hydrogen-bond donors (Lipinski definition) is 4. The maximum Gasteiger partial charge on any atom is 0.306 e. The largest absolute Gasteiger partial charge is 0.457 e. The van der Waals surface area contributed by atoms with Gasteiger partial charge in [-0.2, -0.15) is 0 Å². The van der Waals surface area contributed by atoms with E-state index < -0.39 is 43.4 Å². The van der Waals surface area contributed by atoms with Crippen LogP contribution in [0, 0.1) is 0 Å². The van der Waals surface area contributed by atoms with Gasteiger partial charge in [-0.05, 0) is 89.9 Å². The average Bonchev–Trinajstić information content (AvgIpc) is 3.24. The Bertz CT molecular complexity index is 1210. The van der Waals surface area contributed by atoms with Crippen LogP contribution in [0.15, 0.2) is 97.2 Å². The van der Waals surface area contributed by atoms with E-state index in [1.54, 1.807) is 0 Å². The van der Waals surface area contributed by atoms with Crippen LogP contribution in [-0.2, 0) is 23.7 Å². The highest BCUT2D eigenvalue weighted by atomic mass is 16.7. The first-order valence-corrected chi connectivity index (χ1v) is 22.8. The lowest BCUT2D eigenvalue weighted by molar-refractivity contribution is -0.305. The second-order valence-electron chi connectivity index (χ2n) is 15.1. The van der Waals surface area contributed by atoms with Crippen LogP contribution in [0.3, 0.4) is 0 Å². The van der Waals surface area contributed by atoms with Crippen LogP contribution in [0.5, 0.6) is 0 Å². The summed E-state index contributed by atoms with van der Waals surface area (Å²) < 4.78 is 22.7. The zero-order chi connectivity index (χ0) is 42.9. The molecule has 1 rings (SSSR count). The van der Waals surface area contributed by atoms with E-state index >= 15 is 0 Å². The fourth-order valence-corrected chi connectivity index (χ4v) is 6.18. The molecule has 6 unspecified atom stereocenters. The van der Waals surface area contributed by atoms with Crippen molar-refractivity contribution in [2.24, 2.45) is 0 Å². The summed E-state index contributed by atoms with van der Waals surface area (Å²) in [6, 6.07) is 0. The molecule has 6 atom stereocenters. The average molecular weight is 827 g/mol. The van der Waals surface area contributed by atoms with Crippen molar-refractivity contribution in [1.82, 2.24) is 0 Å². The molecule has 0 spiro atoms. The summed E-state index contributed by atoms with van der Waals surface area (Å²) in [7, 11) is 0. The first-order chi connectivity index (χ1) is 28.9. The summed E-state index contributed by atoms with van der Waals surface area (Å²) in [5.74, 6) is -0.353. The van der Waals surface area contributed by atoms with Gasteiger partial charge in [0.1, 0.15) is 30.5 Å². The summed E-state index contributed by atoms with van der Waals surface area (Å²) in [5.41, 5.74) is 0. The van der Waals surface area contributed by atoms with E-state index in [1.165, 1.54) is 25.7 Å². The number of aliphatic hydroxyl groups is 4. The maximum atomic E-state index is 12.8. The van der Waals surface area contributed by atoms with Gasteiger partial charge in [-0.25, -0.2) is 0 Å².